The summed E-state index contributed by atoms with van der Waals surface area (Å²) < 4.78 is 37.2. The van der Waals surface area contributed by atoms with Gasteiger partial charge in [0.15, 0.2) is 5.78 Å². The van der Waals surface area contributed by atoms with E-state index in [9.17, 15) is 47.9 Å². The lowest BCUT2D eigenvalue weighted by Crippen LogP contribution is -2.55. The summed E-state index contributed by atoms with van der Waals surface area (Å²) in [5.74, 6) is -7.67. The minimum absolute atomic E-state index is 0.0111. The van der Waals surface area contributed by atoms with E-state index in [2.05, 4.69) is 16.0 Å². The third-order valence-corrected chi connectivity index (χ3v) is 12.2. The van der Waals surface area contributed by atoms with Crippen LogP contribution in [-0.4, -0.2) is 105 Å². The number of nitrogens with one attached hydrogen (secondary N) is 3. The van der Waals surface area contributed by atoms with Gasteiger partial charge in [0.2, 0.25) is 23.6 Å². The highest BCUT2D eigenvalue weighted by Crippen LogP contribution is 2.41. The molecule has 4 atom stereocenters. The number of benzene rings is 3. The van der Waals surface area contributed by atoms with E-state index in [1.807, 2.05) is 61.7 Å². The van der Waals surface area contributed by atoms with Gasteiger partial charge in [0.1, 0.15) is 36.9 Å². The molecule has 72 heavy (non-hydrogen) atoms. The van der Waals surface area contributed by atoms with Crippen molar-refractivity contribution in [3.8, 4) is 11.1 Å². The molecule has 5 rings (SSSR count). The van der Waals surface area contributed by atoms with Gasteiger partial charge in [0, 0.05) is 61.2 Å². The zero-order chi connectivity index (χ0) is 52.7. The maximum Gasteiger partial charge on any atom is 0.306 e. The number of carbonyl (C=O) groups is 8. The number of rotatable bonds is 25. The topological polar surface area (TPSA) is 214 Å². The predicted molar refractivity (Wildman–Crippen MR) is 263 cm³/mol. The smallest absolute Gasteiger partial charge is 0.306 e. The molecule has 6 amide bonds. The Bertz CT molecular complexity index is 2590. The molecule has 0 radical (unpaired) electrons. The van der Waals surface area contributed by atoms with E-state index in [0.717, 1.165) is 46.4 Å². The maximum atomic E-state index is 15.4. The molecule has 1 aromatic heterocycles. The summed E-state index contributed by atoms with van der Waals surface area (Å²) in [5, 5.41) is 18.5. The number of aromatic nitrogens is 1. The number of halogens is 2. The van der Waals surface area contributed by atoms with Crippen LogP contribution >= 0.6 is 0 Å². The molecule has 1 aliphatic heterocycles. The number of ether oxygens (including phenoxy) is 1. The van der Waals surface area contributed by atoms with Crippen LogP contribution in [0.5, 0.6) is 0 Å². The van der Waals surface area contributed by atoms with Crippen molar-refractivity contribution in [2.75, 3.05) is 26.2 Å². The average Bonchev–Trinajstić information content (AvgIpc) is 3.89. The van der Waals surface area contributed by atoms with Crippen molar-refractivity contribution in [1.82, 2.24) is 30.3 Å². The quantitative estimate of drug-likeness (QED) is 0.0369. The van der Waals surface area contributed by atoms with E-state index in [4.69, 9.17) is 4.74 Å². The van der Waals surface area contributed by atoms with Gasteiger partial charge in [-0.1, -0.05) is 95.3 Å². The Morgan fingerprint density at radius 3 is 2.06 bits per heavy atom. The molecule has 0 fully saturated rings. The number of ketones is 1. The molecule has 0 aliphatic carbocycles. The predicted octanol–water partition coefficient (Wildman–Crippen LogP) is 5.57. The number of amides is 6. The van der Waals surface area contributed by atoms with E-state index < -0.39 is 101 Å². The fraction of sp³-hybridized carbons (Fsp3) is 0.407. The van der Waals surface area contributed by atoms with Crippen LogP contribution in [0.4, 0.5) is 8.78 Å². The lowest BCUT2D eigenvalue weighted by Gasteiger charge is -2.41. The van der Waals surface area contributed by atoms with Gasteiger partial charge in [-0.2, -0.15) is 0 Å². The van der Waals surface area contributed by atoms with Crippen molar-refractivity contribution in [2.45, 2.75) is 98.5 Å². The minimum atomic E-state index is -1.38. The van der Waals surface area contributed by atoms with Gasteiger partial charge < -0.3 is 35.3 Å². The molecular formula is C54H64F2N6O10. The molecule has 18 heteroatoms. The number of esters is 1. The van der Waals surface area contributed by atoms with Gasteiger partial charge in [-0.05, 0) is 66.5 Å². The van der Waals surface area contributed by atoms with Gasteiger partial charge in [-0.25, -0.2) is 8.78 Å². The van der Waals surface area contributed by atoms with Crippen molar-refractivity contribution in [3.63, 3.8) is 0 Å². The summed E-state index contributed by atoms with van der Waals surface area (Å²) in [7, 11) is 0. The van der Waals surface area contributed by atoms with Gasteiger partial charge >= 0.3 is 5.97 Å². The fourth-order valence-corrected chi connectivity index (χ4v) is 8.39. The molecule has 3 aromatic carbocycles. The van der Waals surface area contributed by atoms with Crippen LogP contribution in [0, 0.1) is 28.9 Å². The molecule has 384 valence electrons. The van der Waals surface area contributed by atoms with Crippen molar-refractivity contribution in [2.24, 2.45) is 17.3 Å². The maximum absolute atomic E-state index is 15.4. The second-order valence-corrected chi connectivity index (χ2v) is 19.2. The molecule has 4 aromatic rings. The average molecular weight is 995 g/mol. The first-order valence-corrected chi connectivity index (χ1v) is 23.9. The number of hydrogen-bond acceptors (Lipinski definition) is 10. The Kier molecular flexibility index (Phi) is 19.8. The second kappa shape index (κ2) is 25.7. The summed E-state index contributed by atoms with van der Waals surface area (Å²) in [5.41, 5.74) is 1.60. The zero-order valence-electron chi connectivity index (χ0n) is 41.5. The number of carbonyl (C=O) groups excluding carboxylic acids is 8. The third kappa shape index (κ3) is 15.6. The standard InChI is InChI=1S/C54H64F2N6O10/c1-34(2)41(28-49(68)72-33-37-16-11-8-12-17-37)52(70)58-35(3)51(69)59-44(53(71)57-24-13-18-40(64)31-62-46(65)21-22-47(62)66)23-25-61(48(67)32-63)50(54(4,5)6)45-26-38(42-27-39(55)19-20-43(42)56)30-60(45)29-36-14-9-7-10-15-36/h7-12,14-17,19-22,26-27,30,34-35,41,44,50,63H,13,18,23-25,28-29,31-33H2,1-6H3,(H,57,71)(H,58,70)(H,59,69)/t35-,41-,44-,50-/m0/s1. The van der Waals surface area contributed by atoms with Crippen LogP contribution in [-0.2, 0) is 56.2 Å². The van der Waals surface area contributed by atoms with E-state index in [1.165, 1.54) is 11.8 Å². The SMILES string of the molecule is CC(C)[C@H](CC(=O)OCc1ccccc1)C(=O)N[C@@H](C)C(=O)N[C@@H](CCN(C(=O)CO)[C@@H](c1cc(-c2cc(F)ccc2F)cn1Cc1ccccc1)C(C)(C)C)C(=O)NCCCC(=O)CN1C(=O)C=CC1=O. The molecule has 2 heterocycles. The molecule has 0 spiro atoms. The summed E-state index contributed by atoms with van der Waals surface area (Å²) in [6, 6.07) is 19.6. The van der Waals surface area contributed by atoms with Crippen LogP contribution in [0.3, 0.4) is 0 Å². The Morgan fingerprint density at radius 1 is 0.806 bits per heavy atom. The van der Waals surface area contributed by atoms with E-state index in [-0.39, 0.29) is 63.4 Å². The highest BCUT2D eigenvalue weighted by molar-refractivity contribution is 6.14. The summed E-state index contributed by atoms with van der Waals surface area (Å²) >= 11 is 0. The Hall–Kier alpha value is -7.34. The normalized spacial score (nSPS) is 14.1. The van der Waals surface area contributed by atoms with E-state index in [1.54, 1.807) is 50.4 Å². The minimum Gasteiger partial charge on any atom is -0.461 e. The monoisotopic (exact) mass is 994 g/mol. The van der Waals surface area contributed by atoms with Gasteiger partial charge in [-0.15, -0.1) is 0 Å². The number of hydrogen-bond donors (Lipinski definition) is 4. The first kappa shape index (κ1) is 55.6. The number of aliphatic hydroxyl groups excluding tert-OH is 1. The summed E-state index contributed by atoms with van der Waals surface area (Å²) in [4.78, 5) is 107. The van der Waals surface area contributed by atoms with Crippen molar-refractivity contribution in [3.05, 3.63) is 132 Å². The first-order valence-electron chi connectivity index (χ1n) is 23.9. The Balaban J connectivity index is 1.39. The van der Waals surface area contributed by atoms with Crippen molar-refractivity contribution >= 4 is 47.2 Å². The van der Waals surface area contributed by atoms with Crippen LogP contribution in [0.15, 0.2) is 103 Å². The molecule has 16 nitrogen and oxygen atoms in total. The lowest BCUT2D eigenvalue weighted by molar-refractivity contribution is -0.149. The molecule has 0 bridgehead atoms. The molecule has 0 unspecified atom stereocenters. The van der Waals surface area contributed by atoms with Crippen LogP contribution in [0.25, 0.3) is 11.1 Å². The summed E-state index contributed by atoms with van der Waals surface area (Å²) in [6.07, 6.45) is 3.27. The highest BCUT2D eigenvalue weighted by Gasteiger charge is 2.38. The lowest BCUT2D eigenvalue weighted by atomic mass is 9.82. The van der Waals surface area contributed by atoms with Crippen molar-refractivity contribution < 1.29 is 57.0 Å². The Morgan fingerprint density at radius 2 is 1.44 bits per heavy atom. The number of Topliss-reactive ketones (excluding diaryl/α,β-unsaturated/α-hetero) is 1. The van der Waals surface area contributed by atoms with E-state index in [0.29, 0.717) is 11.3 Å². The van der Waals surface area contributed by atoms with Gasteiger partial charge in [0.25, 0.3) is 11.8 Å². The zero-order valence-corrected chi connectivity index (χ0v) is 41.5. The third-order valence-electron chi connectivity index (χ3n) is 12.2. The largest absolute Gasteiger partial charge is 0.461 e. The first-order chi connectivity index (χ1) is 34.2. The van der Waals surface area contributed by atoms with Gasteiger partial charge in [-0.3, -0.25) is 43.3 Å². The van der Waals surface area contributed by atoms with E-state index >= 15 is 4.39 Å². The van der Waals surface area contributed by atoms with Crippen LogP contribution in [0.2, 0.25) is 0 Å². The molecule has 4 N–H and O–H groups in total. The van der Waals surface area contributed by atoms with Crippen LogP contribution in [0.1, 0.15) is 90.1 Å². The number of aliphatic hydroxyl groups is 1. The second-order valence-electron chi connectivity index (χ2n) is 19.2. The molecule has 0 saturated heterocycles. The van der Waals surface area contributed by atoms with Crippen molar-refractivity contribution in [1.29, 1.82) is 0 Å². The molecular weight excluding hydrogens is 931 g/mol. The number of imide groups is 1. The van der Waals surface area contributed by atoms with Gasteiger partial charge in [0.05, 0.1) is 24.9 Å². The Labute approximate surface area is 418 Å². The highest BCUT2D eigenvalue weighted by atomic mass is 19.1. The van der Waals surface area contributed by atoms with Crippen LogP contribution < -0.4 is 16.0 Å². The molecule has 0 saturated carbocycles. The fourth-order valence-electron chi connectivity index (χ4n) is 8.39. The number of nitrogens with zero attached hydrogens (tertiary/aromatic N) is 3. The summed E-state index contributed by atoms with van der Waals surface area (Å²) in [6.45, 7) is 9.03. The molecule has 1 aliphatic rings.